The monoisotopic (exact) mass is 257 g/mol. The smallest absolute Gasteiger partial charge is 0.0804 e. The average Bonchev–Trinajstić information content (AvgIpc) is 2.76. The first-order valence-corrected chi connectivity index (χ1v) is 6.99. The van der Waals surface area contributed by atoms with E-state index in [9.17, 15) is 5.11 Å². The Labute approximate surface area is 115 Å². The van der Waals surface area contributed by atoms with Crippen molar-refractivity contribution in [2.24, 2.45) is 0 Å². The summed E-state index contributed by atoms with van der Waals surface area (Å²) in [5, 5.41) is 9.97. The Balaban J connectivity index is 2.11. The molecular formula is C17H23NO. The van der Waals surface area contributed by atoms with Crippen LogP contribution in [0.2, 0.25) is 0 Å². The minimum atomic E-state index is -0.328. The van der Waals surface area contributed by atoms with Crippen LogP contribution < -0.4 is 0 Å². The minimum Gasteiger partial charge on any atom is -0.388 e. The van der Waals surface area contributed by atoms with Crippen molar-refractivity contribution in [3.05, 3.63) is 58.9 Å². The van der Waals surface area contributed by atoms with E-state index < -0.39 is 0 Å². The predicted molar refractivity (Wildman–Crippen MR) is 79.3 cm³/mol. The van der Waals surface area contributed by atoms with Crippen LogP contribution in [0, 0.1) is 13.8 Å². The van der Waals surface area contributed by atoms with Gasteiger partial charge >= 0.3 is 0 Å². The van der Waals surface area contributed by atoms with Gasteiger partial charge in [0.15, 0.2) is 0 Å². The highest BCUT2D eigenvalue weighted by molar-refractivity contribution is 5.29. The molecule has 0 saturated carbocycles. The molecule has 19 heavy (non-hydrogen) atoms. The van der Waals surface area contributed by atoms with E-state index in [1.807, 2.05) is 12.3 Å². The highest BCUT2D eigenvalue weighted by Gasteiger charge is 2.08. The van der Waals surface area contributed by atoms with Crippen molar-refractivity contribution < 1.29 is 5.11 Å². The van der Waals surface area contributed by atoms with Gasteiger partial charge in [-0.25, -0.2) is 0 Å². The molecule has 2 rings (SSSR count). The zero-order valence-corrected chi connectivity index (χ0v) is 12.1. The van der Waals surface area contributed by atoms with E-state index in [2.05, 4.69) is 49.7 Å². The van der Waals surface area contributed by atoms with Gasteiger partial charge in [-0.2, -0.15) is 0 Å². The Morgan fingerprint density at radius 1 is 1.16 bits per heavy atom. The number of aryl methyl sites for hydroxylation is 2. The van der Waals surface area contributed by atoms with Crippen molar-refractivity contribution in [1.82, 2.24) is 4.57 Å². The van der Waals surface area contributed by atoms with Crippen LogP contribution in [0.5, 0.6) is 0 Å². The third kappa shape index (κ3) is 3.71. The Bertz CT molecular complexity index is 522. The number of aliphatic hydroxyl groups excluding tert-OH is 1. The fourth-order valence-corrected chi connectivity index (χ4v) is 2.57. The van der Waals surface area contributed by atoms with Gasteiger partial charge in [0, 0.05) is 18.9 Å². The van der Waals surface area contributed by atoms with Crippen molar-refractivity contribution >= 4 is 0 Å². The molecule has 1 N–H and O–H groups in total. The molecule has 0 aliphatic heterocycles. The minimum absolute atomic E-state index is 0.328. The summed E-state index contributed by atoms with van der Waals surface area (Å²) >= 11 is 0. The number of hydrogen-bond acceptors (Lipinski definition) is 1. The molecule has 2 nitrogen and oxygen atoms in total. The Kier molecular flexibility index (Phi) is 4.43. The summed E-state index contributed by atoms with van der Waals surface area (Å²) in [7, 11) is 0. The summed E-state index contributed by atoms with van der Waals surface area (Å²) in [6.45, 7) is 7.21. The molecule has 0 aliphatic rings. The van der Waals surface area contributed by atoms with Gasteiger partial charge in [-0.05, 0) is 37.5 Å². The lowest BCUT2D eigenvalue weighted by Gasteiger charge is -2.08. The molecule has 102 valence electrons. The van der Waals surface area contributed by atoms with Gasteiger partial charge in [0.25, 0.3) is 0 Å². The quantitative estimate of drug-likeness (QED) is 0.861. The first kappa shape index (κ1) is 13.9. The van der Waals surface area contributed by atoms with E-state index in [1.54, 1.807) is 0 Å². The number of benzene rings is 1. The highest BCUT2D eigenvalue weighted by atomic mass is 16.3. The van der Waals surface area contributed by atoms with Crippen LogP contribution in [0.15, 0.2) is 36.7 Å². The van der Waals surface area contributed by atoms with E-state index in [-0.39, 0.29) is 6.10 Å². The van der Waals surface area contributed by atoms with Gasteiger partial charge in [0.05, 0.1) is 6.10 Å². The van der Waals surface area contributed by atoms with E-state index >= 15 is 0 Å². The molecule has 1 unspecified atom stereocenters. The molecule has 1 heterocycles. The molecule has 1 aromatic heterocycles. The number of aromatic nitrogens is 1. The molecule has 1 aromatic carbocycles. The first-order valence-electron chi connectivity index (χ1n) is 6.99. The Morgan fingerprint density at radius 2 is 1.84 bits per heavy atom. The first-order chi connectivity index (χ1) is 9.08. The topological polar surface area (TPSA) is 25.2 Å². The molecule has 0 aliphatic carbocycles. The van der Waals surface area contributed by atoms with Crippen LogP contribution in [0.25, 0.3) is 0 Å². The summed E-state index contributed by atoms with van der Waals surface area (Å²) < 4.78 is 2.14. The van der Waals surface area contributed by atoms with Crippen LogP contribution in [-0.4, -0.2) is 9.67 Å². The largest absolute Gasteiger partial charge is 0.388 e. The molecule has 0 amide bonds. The molecule has 0 saturated heterocycles. The molecule has 1 atom stereocenters. The summed E-state index contributed by atoms with van der Waals surface area (Å²) in [4.78, 5) is 0. The van der Waals surface area contributed by atoms with E-state index in [1.165, 1.54) is 16.7 Å². The van der Waals surface area contributed by atoms with Gasteiger partial charge in [-0.1, -0.05) is 42.7 Å². The second-order valence-corrected chi connectivity index (χ2v) is 5.42. The second-order valence-electron chi connectivity index (χ2n) is 5.42. The van der Waals surface area contributed by atoms with Gasteiger partial charge in [-0.3, -0.25) is 0 Å². The number of hydrogen-bond donors (Lipinski definition) is 1. The lowest BCUT2D eigenvalue weighted by Crippen LogP contribution is -1.99. The van der Waals surface area contributed by atoms with Crippen molar-refractivity contribution in [3.63, 3.8) is 0 Å². The molecule has 0 bridgehead atoms. The molecule has 0 radical (unpaired) electrons. The molecule has 0 spiro atoms. The molecule has 2 aromatic rings. The van der Waals surface area contributed by atoms with Crippen molar-refractivity contribution in [1.29, 1.82) is 0 Å². The third-order valence-corrected chi connectivity index (χ3v) is 3.37. The van der Waals surface area contributed by atoms with E-state index in [0.29, 0.717) is 0 Å². The fourth-order valence-electron chi connectivity index (χ4n) is 2.57. The van der Waals surface area contributed by atoms with Gasteiger partial charge < -0.3 is 9.67 Å². The van der Waals surface area contributed by atoms with Crippen LogP contribution in [-0.2, 0) is 6.54 Å². The maximum absolute atomic E-state index is 9.97. The molecule has 2 heteroatoms. The van der Waals surface area contributed by atoms with Crippen LogP contribution in [0.3, 0.4) is 0 Å². The maximum atomic E-state index is 9.97. The fraction of sp³-hybridized carbons (Fsp3) is 0.412. The normalized spacial score (nSPS) is 12.6. The van der Waals surface area contributed by atoms with E-state index in [0.717, 1.165) is 24.9 Å². The van der Waals surface area contributed by atoms with E-state index in [4.69, 9.17) is 0 Å². The molecular weight excluding hydrogens is 234 g/mol. The van der Waals surface area contributed by atoms with Crippen molar-refractivity contribution in [2.75, 3.05) is 0 Å². The predicted octanol–water partition coefficient (Wildman–Crippen LogP) is 3.99. The highest BCUT2D eigenvalue weighted by Crippen LogP contribution is 2.19. The Hall–Kier alpha value is -1.54. The summed E-state index contributed by atoms with van der Waals surface area (Å²) in [6.07, 6.45) is 5.60. The maximum Gasteiger partial charge on any atom is 0.0804 e. The Morgan fingerprint density at radius 3 is 2.47 bits per heavy atom. The second kappa shape index (κ2) is 6.07. The zero-order valence-electron chi connectivity index (χ0n) is 12.1. The number of nitrogens with zero attached hydrogens (tertiary/aromatic N) is 1. The lowest BCUT2D eigenvalue weighted by molar-refractivity contribution is 0.166. The average molecular weight is 257 g/mol. The standard InChI is InChI=1S/C17H23NO/c1-4-5-17(19)16-6-7-18(12-16)11-15-9-13(2)8-14(3)10-15/h6-10,12,17,19H,4-5,11H2,1-3H3. The lowest BCUT2D eigenvalue weighted by atomic mass is 10.1. The van der Waals surface area contributed by atoms with Crippen LogP contribution in [0.4, 0.5) is 0 Å². The third-order valence-electron chi connectivity index (χ3n) is 3.37. The zero-order chi connectivity index (χ0) is 13.8. The summed E-state index contributed by atoms with van der Waals surface area (Å²) in [5.41, 5.74) is 4.93. The van der Waals surface area contributed by atoms with Crippen molar-refractivity contribution in [3.8, 4) is 0 Å². The van der Waals surface area contributed by atoms with Crippen LogP contribution >= 0.6 is 0 Å². The summed E-state index contributed by atoms with van der Waals surface area (Å²) in [5.74, 6) is 0. The number of rotatable bonds is 5. The number of aliphatic hydroxyl groups is 1. The van der Waals surface area contributed by atoms with Crippen LogP contribution in [0.1, 0.15) is 48.1 Å². The van der Waals surface area contributed by atoms with Gasteiger partial charge in [-0.15, -0.1) is 0 Å². The molecule has 0 fully saturated rings. The SMILES string of the molecule is CCCC(O)c1ccn(Cc2cc(C)cc(C)c2)c1. The summed E-state index contributed by atoms with van der Waals surface area (Å²) in [6, 6.07) is 8.64. The van der Waals surface area contributed by atoms with Crippen molar-refractivity contribution in [2.45, 2.75) is 46.3 Å². The van der Waals surface area contributed by atoms with Gasteiger partial charge in [0.1, 0.15) is 0 Å². The van der Waals surface area contributed by atoms with Gasteiger partial charge in [0.2, 0.25) is 0 Å².